The number of methoxy groups -OCH3 is 1. The number of rotatable bonds is 7. The highest BCUT2D eigenvalue weighted by molar-refractivity contribution is 7.98. The molecule has 0 amide bonds. The Kier molecular flexibility index (Phi) is 6.70. The van der Waals surface area contributed by atoms with E-state index in [2.05, 4.69) is 5.32 Å². The van der Waals surface area contributed by atoms with Gasteiger partial charge in [0.25, 0.3) is 0 Å². The minimum absolute atomic E-state index is 0.310. The first-order chi connectivity index (χ1) is 9.06. The predicted molar refractivity (Wildman–Crippen MR) is 78.2 cm³/mol. The zero-order chi connectivity index (χ0) is 14.3. The number of halogens is 1. The van der Waals surface area contributed by atoms with Gasteiger partial charge in [0.15, 0.2) is 0 Å². The molecular weight excluding hydrogens is 265 g/mol. The van der Waals surface area contributed by atoms with Gasteiger partial charge >= 0.3 is 5.97 Å². The Hall–Kier alpha value is -1.23. The SMILES string of the molecule is COC(=O)C(CCCSC)Nc1cc(C)cc(F)c1. The van der Waals surface area contributed by atoms with Crippen molar-refractivity contribution in [1.29, 1.82) is 0 Å². The fraction of sp³-hybridized carbons (Fsp3) is 0.500. The fourth-order valence-electron chi connectivity index (χ4n) is 1.84. The summed E-state index contributed by atoms with van der Waals surface area (Å²) in [6, 6.07) is 4.22. The van der Waals surface area contributed by atoms with Gasteiger partial charge in [-0.3, -0.25) is 0 Å². The molecule has 1 unspecified atom stereocenters. The molecule has 3 nitrogen and oxygen atoms in total. The second-order valence-corrected chi connectivity index (χ2v) is 5.36. The van der Waals surface area contributed by atoms with E-state index in [1.165, 1.54) is 19.2 Å². The Morgan fingerprint density at radius 3 is 2.79 bits per heavy atom. The number of thioether (sulfide) groups is 1. The summed E-state index contributed by atoms with van der Waals surface area (Å²) in [5.41, 5.74) is 1.42. The average Bonchev–Trinajstić information content (AvgIpc) is 2.35. The number of hydrogen-bond acceptors (Lipinski definition) is 4. The number of hydrogen-bond donors (Lipinski definition) is 1. The number of ether oxygens (including phenoxy) is 1. The molecule has 0 spiro atoms. The summed E-state index contributed by atoms with van der Waals surface area (Å²) in [6.45, 7) is 1.81. The van der Waals surface area contributed by atoms with E-state index in [4.69, 9.17) is 4.74 Å². The van der Waals surface area contributed by atoms with Crippen LogP contribution in [0.2, 0.25) is 0 Å². The second kappa shape index (κ2) is 8.04. The van der Waals surface area contributed by atoms with E-state index in [0.717, 1.165) is 17.7 Å². The lowest BCUT2D eigenvalue weighted by molar-refractivity contribution is -0.141. The summed E-state index contributed by atoms with van der Waals surface area (Å²) in [5.74, 6) is 0.357. The van der Waals surface area contributed by atoms with Crippen molar-refractivity contribution in [1.82, 2.24) is 0 Å². The van der Waals surface area contributed by atoms with Gasteiger partial charge in [-0.1, -0.05) is 0 Å². The van der Waals surface area contributed by atoms with Crippen LogP contribution in [-0.4, -0.2) is 31.1 Å². The third-order valence-corrected chi connectivity index (χ3v) is 3.41. The van der Waals surface area contributed by atoms with Crippen LogP contribution in [0.3, 0.4) is 0 Å². The average molecular weight is 285 g/mol. The Morgan fingerprint density at radius 1 is 1.47 bits per heavy atom. The highest BCUT2D eigenvalue weighted by Crippen LogP contribution is 2.16. The third kappa shape index (κ3) is 5.51. The summed E-state index contributed by atoms with van der Waals surface area (Å²) in [7, 11) is 1.36. The quantitative estimate of drug-likeness (QED) is 0.616. The van der Waals surface area contributed by atoms with E-state index in [-0.39, 0.29) is 11.8 Å². The van der Waals surface area contributed by atoms with E-state index >= 15 is 0 Å². The van der Waals surface area contributed by atoms with Crippen molar-refractivity contribution < 1.29 is 13.9 Å². The Labute approximate surface area is 117 Å². The van der Waals surface area contributed by atoms with Crippen LogP contribution in [0.1, 0.15) is 18.4 Å². The van der Waals surface area contributed by atoms with Gasteiger partial charge in [0.1, 0.15) is 11.9 Å². The van der Waals surface area contributed by atoms with Gasteiger partial charge in [-0.05, 0) is 55.5 Å². The van der Waals surface area contributed by atoms with E-state index in [1.54, 1.807) is 11.8 Å². The maximum absolute atomic E-state index is 13.3. The minimum Gasteiger partial charge on any atom is -0.467 e. The van der Waals surface area contributed by atoms with Gasteiger partial charge in [-0.2, -0.15) is 11.8 Å². The topological polar surface area (TPSA) is 38.3 Å². The molecule has 0 bridgehead atoms. The van der Waals surface area contributed by atoms with Gasteiger partial charge in [0.05, 0.1) is 7.11 Å². The molecule has 1 atom stereocenters. The molecule has 0 aliphatic rings. The maximum atomic E-state index is 13.3. The Bertz CT molecular complexity index is 406. The summed E-state index contributed by atoms with van der Waals surface area (Å²) in [6.07, 6.45) is 3.60. The molecule has 5 heteroatoms. The van der Waals surface area contributed by atoms with E-state index in [9.17, 15) is 9.18 Å². The normalized spacial score (nSPS) is 12.0. The van der Waals surface area contributed by atoms with Crippen LogP contribution in [0.5, 0.6) is 0 Å². The number of aryl methyl sites for hydroxylation is 1. The maximum Gasteiger partial charge on any atom is 0.328 e. The number of carbonyl (C=O) groups excluding carboxylic acids is 1. The molecule has 1 N–H and O–H groups in total. The first kappa shape index (κ1) is 15.8. The largest absolute Gasteiger partial charge is 0.467 e. The summed E-state index contributed by atoms with van der Waals surface area (Å²) in [5, 5.41) is 3.05. The van der Waals surface area contributed by atoms with Crippen LogP contribution >= 0.6 is 11.8 Å². The molecule has 1 rings (SSSR count). The monoisotopic (exact) mass is 285 g/mol. The van der Waals surface area contributed by atoms with Crippen LogP contribution < -0.4 is 5.32 Å². The molecule has 0 heterocycles. The number of anilines is 1. The van der Waals surface area contributed by atoms with Crippen LogP contribution in [0, 0.1) is 12.7 Å². The van der Waals surface area contributed by atoms with Crippen molar-refractivity contribution >= 4 is 23.4 Å². The number of carbonyl (C=O) groups is 1. The molecule has 0 aliphatic carbocycles. The molecule has 0 radical (unpaired) electrons. The van der Waals surface area contributed by atoms with Crippen molar-refractivity contribution in [2.24, 2.45) is 0 Å². The molecule has 1 aromatic carbocycles. The van der Waals surface area contributed by atoms with Crippen molar-refractivity contribution in [3.05, 3.63) is 29.6 Å². The lowest BCUT2D eigenvalue weighted by Crippen LogP contribution is -2.30. The first-order valence-electron chi connectivity index (χ1n) is 6.17. The van der Waals surface area contributed by atoms with Gasteiger partial charge in [-0.25, -0.2) is 9.18 Å². The molecular formula is C14H20FNO2S. The molecule has 0 aliphatic heterocycles. The van der Waals surface area contributed by atoms with Gasteiger partial charge in [-0.15, -0.1) is 0 Å². The van der Waals surface area contributed by atoms with Crippen LogP contribution in [-0.2, 0) is 9.53 Å². The van der Waals surface area contributed by atoms with Crippen molar-refractivity contribution in [2.45, 2.75) is 25.8 Å². The van der Waals surface area contributed by atoms with Gasteiger partial charge in [0.2, 0.25) is 0 Å². The second-order valence-electron chi connectivity index (χ2n) is 4.37. The summed E-state index contributed by atoms with van der Waals surface area (Å²) < 4.78 is 18.1. The molecule has 0 saturated heterocycles. The molecule has 19 heavy (non-hydrogen) atoms. The lowest BCUT2D eigenvalue weighted by Gasteiger charge is -2.18. The van der Waals surface area contributed by atoms with Crippen LogP contribution in [0.4, 0.5) is 10.1 Å². The zero-order valence-electron chi connectivity index (χ0n) is 11.5. The van der Waals surface area contributed by atoms with Gasteiger partial charge in [0, 0.05) is 5.69 Å². The smallest absolute Gasteiger partial charge is 0.328 e. The van der Waals surface area contributed by atoms with Crippen molar-refractivity contribution in [3.8, 4) is 0 Å². The summed E-state index contributed by atoms with van der Waals surface area (Å²) >= 11 is 1.73. The molecule has 106 valence electrons. The Morgan fingerprint density at radius 2 is 2.21 bits per heavy atom. The lowest BCUT2D eigenvalue weighted by atomic mass is 10.1. The first-order valence-corrected chi connectivity index (χ1v) is 7.56. The van der Waals surface area contributed by atoms with E-state index in [1.807, 2.05) is 19.2 Å². The fourth-order valence-corrected chi connectivity index (χ4v) is 2.30. The highest BCUT2D eigenvalue weighted by Gasteiger charge is 2.18. The Balaban J connectivity index is 2.72. The predicted octanol–water partition coefficient (Wildman–Crippen LogP) is 3.23. The van der Waals surface area contributed by atoms with Crippen LogP contribution in [0.25, 0.3) is 0 Å². The standard InChI is InChI=1S/C14H20FNO2S/c1-10-7-11(15)9-12(8-10)16-13(14(17)18-2)5-4-6-19-3/h7-9,13,16H,4-6H2,1-3H3. The summed E-state index contributed by atoms with van der Waals surface area (Å²) in [4.78, 5) is 11.7. The third-order valence-electron chi connectivity index (χ3n) is 2.71. The zero-order valence-corrected chi connectivity index (χ0v) is 12.3. The highest BCUT2D eigenvalue weighted by atomic mass is 32.2. The van der Waals surface area contributed by atoms with Crippen molar-refractivity contribution in [2.75, 3.05) is 24.4 Å². The van der Waals surface area contributed by atoms with Crippen LogP contribution in [0.15, 0.2) is 18.2 Å². The number of nitrogens with one attached hydrogen (secondary N) is 1. The van der Waals surface area contributed by atoms with E-state index < -0.39 is 6.04 Å². The molecule has 1 aromatic rings. The minimum atomic E-state index is -0.432. The van der Waals surface area contributed by atoms with Gasteiger partial charge < -0.3 is 10.1 Å². The molecule has 0 saturated carbocycles. The van der Waals surface area contributed by atoms with Crippen molar-refractivity contribution in [3.63, 3.8) is 0 Å². The molecule has 0 fully saturated rings. The molecule has 0 aromatic heterocycles. The number of esters is 1. The number of benzene rings is 1. The van der Waals surface area contributed by atoms with E-state index in [0.29, 0.717) is 12.1 Å².